The molecular weight excluding hydrogens is 252 g/mol. The lowest BCUT2D eigenvalue weighted by atomic mass is 10.2. The van der Waals surface area contributed by atoms with E-state index in [0.29, 0.717) is 0 Å². The quantitative estimate of drug-likeness (QED) is 0.835. The molecule has 1 aromatic carbocycles. The van der Waals surface area contributed by atoms with Gasteiger partial charge >= 0.3 is 0 Å². The summed E-state index contributed by atoms with van der Waals surface area (Å²) in [6.07, 6.45) is 2.06. The number of fused-ring (bicyclic) bond motifs is 1. The molecule has 1 aliphatic heterocycles. The van der Waals surface area contributed by atoms with Crippen molar-refractivity contribution in [1.29, 1.82) is 0 Å². The van der Waals surface area contributed by atoms with Crippen molar-refractivity contribution in [2.75, 3.05) is 23.5 Å². The Morgan fingerprint density at radius 1 is 1.65 bits per heavy atom. The number of amides is 1. The molecule has 1 atom stereocenters. The third kappa shape index (κ3) is 2.46. The van der Waals surface area contributed by atoms with Gasteiger partial charge in [0.15, 0.2) is 0 Å². The number of hydrogen-bond donors (Lipinski definition) is 1. The van der Waals surface area contributed by atoms with Crippen molar-refractivity contribution >= 4 is 35.1 Å². The van der Waals surface area contributed by atoms with Gasteiger partial charge in [-0.25, -0.2) is 0 Å². The molecule has 0 radical (unpaired) electrons. The van der Waals surface area contributed by atoms with E-state index in [9.17, 15) is 4.79 Å². The van der Waals surface area contributed by atoms with Crippen molar-refractivity contribution < 1.29 is 4.79 Å². The number of rotatable bonds is 2. The van der Waals surface area contributed by atoms with Crippen LogP contribution in [0.15, 0.2) is 28.0 Å². The first-order valence-electron chi connectivity index (χ1n) is 5.50. The maximum absolute atomic E-state index is 11.9. The van der Waals surface area contributed by atoms with Gasteiger partial charge < -0.3 is 10.6 Å². The molecule has 0 fully saturated rings. The van der Waals surface area contributed by atoms with Crippen molar-refractivity contribution in [2.24, 2.45) is 5.73 Å². The molecule has 1 amide bonds. The van der Waals surface area contributed by atoms with E-state index < -0.39 is 0 Å². The Balaban J connectivity index is 2.41. The summed E-state index contributed by atoms with van der Waals surface area (Å²) in [6.45, 7) is 2.13. The van der Waals surface area contributed by atoms with E-state index in [1.807, 2.05) is 22.7 Å². The molecule has 0 bridgehead atoms. The molecule has 0 aromatic heterocycles. The van der Waals surface area contributed by atoms with Crippen LogP contribution in [0, 0.1) is 0 Å². The van der Waals surface area contributed by atoms with Crippen LogP contribution in [0.2, 0.25) is 0 Å². The molecule has 1 heterocycles. The smallest absolute Gasteiger partial charge is 0.241 e. The number of hydrogen-bond acceptors (Lipinski definition) is 4. The van der Waals surface area contributed by atoms with E-state index in [0.717, 1.165) is 11.4 Å². The number of nitrogens with two attached hydrogens (primary N) is 1. The van der Waals surface area contributed by atoms with Crippen LogP contribution in [0.3, 0.4) is 0 Å². The van der Waals surface area contributed by atoms with Gasteiger partial charge in [-0.1, -0.05) is 0 Å². The molecule has 3 nitrogen and oxygen atoms in total. The van der Waals surface area contributed by atoms with Gasteiger partial charge in [0.2, 0.25) is 5.91 Å². The summed E-state index contributed by atoms with van der Waals surface area (Å²) < 4.78 is 0. The number of anilines is 1. The Morgan fingerprint density at radius 3 is 3.06 bits per heavy atom. The molecule has 2 N–H and O–H groups in total. The summed E-state index contributed by atoms with van der Waals surface area (Å²) in [5, 5.41) is 0. The SMILES string of the molecule is CSc1ccc2c(c1)SCC(C)N2C(=O)CN. The Hall–Kier alpha value is -0.650. The lowest BCUT2D eigenvalue weighted by Crippen LogP contribution is -2.45. The summed E-state index contributed by atoms with van der Waals surface area (Å²) in [5.74, 6) is 0.923. The fourth-order valence-electron chi connectivity index (χ4n) is 1.94. The molecular formula is C12H16N2OS2. The third-order valence-corrected chi connectivity index (χ3v) is 4.80. The highest BCUT2D eigenvalue weighted by molar-refractivity contribution is 8.00. The van der Waals surface area contributed by atoms with Gasteiger partial charge in [0.05, 0.1) is 12.2 Å². The molecule has 17 heavy (non-hydrogen) atoms. The van der Waals surface area contributed by atoms with Gasteiger partial charge in [0.25, 0.3) is 0 Å². The molecule has 0 saturated heterocycles. The highest BCUT2D eigenvalue weighted by atomic mass is 32.2. The third-order valence-electron chi connectivity index (χ3n) is 2.79. The Labute approximate surface area is 110 Å². The van der Waals surface area contributed by atoms with E-state index in [1.54, 1.807) is 11.8 Å². The number of thioether (sulfide) groups is 2. The molecule has 92 valence electrons. The van der Waals surface area contributed by atoms with Gasteiger partial charge in [-0.15, -0.1) is 23.5 Å². The predicted octanol–water partition coefficient (Wildman–Crippen LogP) is 2.19. The molecule has 1 aromatic rings. The fourth-order valence-corrected chi connectivity index (χ4v) is 3.55. The molecule has 1 unspecified atom stereocenters. The second-order valence-corrected chi connectivity index (χ2v) is 5.90. The first-order chi connectivity index (χ1) is 8.17. The fraction of sp³-hybridized carbons (Fsp3) is 0.417. The van der Waals surface area contributed by atoms with Crippen molar-refractivity contribution in [3.8, 4) is 0 Å². The lowest BCUT2D eigenvalue weighted by molar-refractivity contribution is -0.117. The van der Waals surface area contributed by atoms with Crippen LogP contribution < -0.4 is 10.6 Å². The highest BCUT2D eigenvalue weighted by Gasteiger charge is 2.27. The van der Waals surface area contributed by atoms with E-state index in [-0.39, 0.29) is 18.5 Å². The van der Waals surface area contributed by atoms with Crippen LogP contribution in [0.25, 0.3) is 0 Å². The Morgan fingerprint density at radius 2 is 2.41 bits per heavy atom. The van der Waals surface area contributed by atoms with Crippen molar-refractivity contribution in [1.82, 2.24) is 0 Å². The van der Waals surface area contributed by atoms with E-state index in [2.05, 4.69) is 25.3 Å². The highest BCUT2D eigenvalue weighted by Crippen LogP contribution is 2.39. The molecule has 0 spiro atoms. The largest absolute Gasteiger partial charge is 0.322 e. The monoisotopic (exact) mass is 268 g/mol. The lowest BCUT2D eigenvalue weighted by Gasteiger charge is -2.34. The Bertz CT molecular complexity index is 437. The summed E-state index contributed by atoms with van der Waals surface area (Å²) in [5.41, 5.74) is 6.48. The molecule has 0 aliphatic carbocycles. The minimum Gasteiger partial charge on any atom is -0.322 e. The van der Waals surface area contributed by atoms with Crippen LogP contribution in [0.4, 0.5) is 5.69 Å². The zero-order chi connectivity index (χ0) is 12.4. The zero-order valence-corrected chi connectivity index (χ0v) is 11.6. The first kappa shape index (κ1) is 12.8. The average molecular weight is 268 g/mol. The van der Waals surface area contributed by atoms with Gasteiger partial charge in [-0.05, 0) is 31.4 Å². The maximum Gasteiger partial charge on any atom is 0.241 e. The second-order valence-electron chi connectivity index (χ2n) is 3.96. The number of benzene rings is 1. The summed E-state index contributed by atoms with van der Waals surface area (Å²) >= 11 is 3.53. The van der Waals surface area contributed by atoms with Crippen molar-refractivity contribution in [3.63, 3.8) is 0 Å². The first-order valence-corrected chi connectivity index (χ1v) is 7.71. The standard InChI is InChI=1S/C12H16N2OS2/c1-8-7-17-11-5-9(16-2)3-4-10(11)14(8)12(15)6-13/h3-5,8H,6-7,13H2,1-2H3. The van der Waals surface area contributed by atoms with Crippen molar-refractivity contribution in [2.45, 2.75) is 22.8 Å². The molecule has 2 rings (SSSR count). The van der Waals surface area contributed by atoms with E-state index in [4.69, 9.17) is 5.73 Å². The number of nitrogens with zero attached hydrogens (tertiary/aromatic N) is 1. The second kappa shape index (κ2) is 5.33. The maximum atomic E-state index is 11.9. The van der Waals surface area contributed by atoms with E-state index in [1.165, 1.54) is 9.79 Å². The van der Waals surface area contributed by atoms with Gasteiger partial charge in [-0.3, -0.25) is 4.79 Å². The predicted molar refractivity (Wildman–Crippen MR) is 74.9 cm³/mol. The van der Waals surface area contributed by atoms with Crippen molar-refractivity contribution in [3.05, 3.63) is 18.2 Å². The van der Waals surface area contributed by atoms with E-state index >= 15 is 0 Å². The van der Waals surface area contributed by atoms with Gasteiger partial charge in [0, 0.05) is 21.6 Å². The van der Waals surface area contributed by atoms with Crippen LogP contribution in [-0.4, -0.2) is 30.5 Å². The normalized spacial score (nSPS) is 19.0. The zero-order valence-electron chi connectivity index (χ0n) is 9.97. The summed E-state index contributed by atoms with van der Waals surface area (Å²) in [7, 11) is 0. The number of carbonyl (C=O) groups excluding carboxylic acids is 1. The summed E-state index contributed by atoms with van der Waals surface area (Å²) in [6, 6.07) is 6.44. The van der Waals surface area contributed by atoms with Gasteiger partial charge in [-0.2, -0.15) is 0 Å². The van der Waals surface area contributed by atoms with Crippen LogP contribution in [0.1, 0.15) is 6.92 Å². The van der Waals surface area contributed by atoms with Crippen LogP contribution in [-0.2, 0) is 4.79 Å². The average Bonchev–Trinajstić information content (AvgIpc) is 2.37. The molecule has 0 saturated carbocycles. The topological polar surface area (TPSA) is 46.3 Å². The molecule has 1 aliphatic rings. The minimum absolute atomic E-state index is 0.00375. The summed E-state index contributed by atoms with van der Waals surface area (Å²) in [4.78, 5) is 16.1. The number of carbonyl (C=O) groups is 1. The van der Waals surface area contributed by atoms with Crippen LogP contribution >= 0.6 is 23.5 Å². The van der Waals surface area contributed by atoms with Crippen LogP contribution in [0.5, 0.6) is 0 Å². The van der Waals surface area contributed by atoms with Gasteiger partial charge in [0.1, 0.15) is 0 Å². The minimum atomic E-state index is -0.00375. The molecule has 5 heteroatoms. The Kier molecular flexibility index (Phi) is 4.01.